The van der Waals surface area contributed by atoms with Crippen molar-refractivity contribution in [2.45, 2.75) is 0 Å². The molecule has 10 heteroatoms. The highest BCUT2D eigenvalue weighted by molar-refractivity contribution is 5.88. The third kappa shape index (κ3) is 3.69. The summed E-state index contributed by atoms with van der Waals surface area (Å²) in [5.41, 5.74) is 1.84. The molecule has 134 valence electrons. The summed E-state index contributed by atoms with van der Waals surface area (Å²) in [7, 11) is 3.02. The number of hydrogen-bond donors (Lipinski definition) is 3. The van der Waals surface area contributed by atoms with E-state index in [0.29, 0.717) is 17.2 Å². The number of nitrogens with zero attached hydrogens (tertiary/aromatic N) is 4. The van der Waals surface area contributed by atoms with Gasteiger partial charge in [0.1, 0.15) is 5.65 Å². The Morgan fingerprint density at radius 1 is 1.23 bits per heavy atom. The topological polar surface area (TPSA) is 123 Å². The predicted octanol–water partition coefficient (Wildman–Crippen LogP) is 0.667. The van der Waals surface area contributed by atoms with E-state index in [2.05, 4.69) is 30.9 Å². The Bertz CT molecular complexity index is 940. The summed E-state index contributed by atoms with van der Waals surface area (Å²) in [5.74, 6) is 0.0230. The SMILES string of the molecule is CNC(=O)COc1nc(-c2cccnc2)cc2nc(NC(=O)NC)cn12. The molecular formula is C16H17N7O3. The normalized spacial score (nSPS) is 10.4. The number of carbonyl (C=O) groups is 2. The highest BCUT2D eigenvalue weighted by Crippen LogP contribution is 2.23. The van der Waals surface area contributed by atoms with Crippen molar-refractivity contribution in [2.75, 3.05) is 26.0 Å². The first kappa shape index (κ1) is 17.1. The van der Waals surface area contributed by atoms with E-state index < -0.39 is 6.03 Å². The van der Waals surface area contributed by atoms with Gasteiger partial charge in [0.2, 0.25) is 0 Å². The average Bonchev–Trinajstić information content (AvgIpc) is 3.08. The van der Waals surface area contributed by atoms with Crippen LogP contribution in [-0.4, -0.2) is 52.0 Å². The van der Waals surface area contributed by atoms with Crippen LogP contribution in [-0.2, 0) is 4.79 Å². The van der Waals surface area contributed by atoms with Crippen LogP contribution in [0.2, 0.25) is 0 Å². The average molecular weight is 355 g/mol. The van der Waals surface area contributed by atoms with Crippen LogP contribution in [0.3, 0.4) is 0 Å². The summed E-state index contributed by atoms with van der Waals surface area (Å²) in [4.78, 5) is 35.9. The van der Waals surface area contributed by atoms with Gasteiger partial charge >= 0.3 is 12.0 Å². The first-order valence-electron chi connectivity index (χ1n) is 7.73. The fourth-order valence-electron chi connectivity index (χ4n) is 2.17. The van der Waals surface area contributed by atoms with E-state index in [0.717, 1.165) is 5.56 Å². The Balaban J connectivity index is 2.04. The molecule has 0 atom stereocenters. The van der Waals surface area contributed by atoms with Gasteiger partial charge in [-0.25, -0.2) is 9.78 Å². The summed E-state index contributed by atoms with van der Waals surface area (Å²) in [6, 6.07) is 5.14. The molecule has 3 N–H and O–H groups in total. The van der Waals surface area contributed by atoms with Crippen LogP contribution in [0.4, 0.5) is 10.6 Å². The van der Waals surface area contributed by atoms with E-state index in [1.54, 1.807) is 35.1 Å². The number of aromatic nitrogens is 4. The smallest absolute Gasteiger partial charge is 0.320 e. The molecule has 0 saturated carbocycles. The van der Waals surface area contributed by atoms with Crippen LogP contribution in [0, 0.1) is 0 Å². The summed E-state index contributed by atoms with van der Waals surface area (Å²) < 4.78 is 7.08. The molecule has 3 amide bonds. The molecule has 0 aliphatic heterocycles. The lowest BCUT2D eigenvalue weighted by Gasteiger charge is -2.09. The largest absolute Gasteiger partial charge is 0.454 e. The predicted molar refractivity (Wildman–Crippen MR) is 93.9 cm³/mol. The zero-order valence-electron chi connectivity index (χ0n) is 14.2. The fourth-order valence-corrected chi connectivity index (χ4v) is 2.17. The molecule has 0 fully saturated rings. The molecule has 26 heavy (non-hydrogen) atoms. The Morgan fingerprint density at radius 3 is 2.77 bits per heavy atom. The van der Waals surface area contributed by atoms with Crippen molar-refractivity contribution < 1.29 is 14.3 Å². The van der Waals surface area contributed by atoms with Crippen molar-refractivity contribution in [1.82, 2.24) is 30.0 Å². The Morgan fingerprint density at radius 2 is 2.08 bits per heavy atom. The maximum Gasteiger partial charge on any atom is 0.320 e. The number of imidazole rings is 1. The molecule has 3 aromatic heterocycles. The molecule has 10 nitrogen and oxygen atoms in total. The molecule has 0 spiro atoms. The number of pyridine rings is 1. The van der Waals surface area contributed by atoms with Gasteiger partial charge in [-0.3, -0.25) is 19.5 Å². The molecule has 0 aliphatic carbocycles. The number of hydrogen-bond acceptors (Lipinski definition) is 6. The van der Waals surface area contributed by atoms with E-state index in [4.69, 9.17) is 4.74 Å². The monoisotopic (exact) mass is 355 g/mol. The summed E-state index contributed by atoms with van der Waals surface area (Å²) in [5, 5.41) is 7.51. The maximum atomic E-state index is 11.5. The molecule has 3 heterocycles. The van der Waals surface area contributed by atoms with Crippen molar-refractivity contribution in [2.24, 2.45) is 0 Å². The Kier molecular flexibility index (Phi) is 4.92. The van der Waals surface area contributed by atoms with Gasteiger partial charge in [-0.1, -0.05) is 0 Å². The summed E-state index contributed by atoms with van der Waals surface area (Å²) in [6.07, 6.45) is 4.88. The van der Waals surface area contributed by atoms with Gasteiger partial charge in [0.05, 0.1) is 11.9 Å². The van der Waals surface area contributed by atoms with Crippen LogP contribution in [0.25, 0.3) is 16.9 Å². The lowest BCUT2D eigenvalue weighted by Crippen LogP contribution is -2.25. The molecule has 3 rings (SSSR count). The zero-order chi connectivity index (χ0) is 18.5. The van der Waals surface area contributed by atoms with Crippen LogP contribution in [0.15, 0.2) is 36.8 Å². The quantitative estimate of drug-likeness (QED) is 0.618. The number of urea groups is 1. The number of amides is 3. The molecule has 0 aromatic carbocycles. The van der Waals surface area contributed by atoms with Gasteiger partial charge in [-0.05, 0) is 12.1 Å². The second-order valence-corrected chi connectivity index (χ2v) is 5.19. The van der Waals surface area contributed by atoms with Crippen LogP contribution in [0.5, 0.6) is 6.01 Å². The van der Waals surface area contributed by atoms with Gasteiger partial charge in [-0.2, -0.15) is 4.98 Å². The van der Waals surface area contributed by atoms with E-state index >= 15 is 0 Å². The lowest BCUT2D eigenvalue weighted by atomic mass is 10.2. The van der Waals surface area contributed by atoms with Crippen molar-refractivity contribution in [1.29, 1.82) is 0 Å². The number of likely N-dealkylation sites (N-methyl/N-ethyl adjacent to an activating group) is 1. The van der Waals surface area contributed by atoms with Gasteiger partial charge < -0.3 is 15.4 Å². The van der Waals surface area contributed by atoms with E-state index in [-0.39, 0.29) is 18.5 Å². The van der Waals surface area contributed by atoms with Gasteiger partial charge in [-0.15, -0.1) is 0 Å². The van der Waals surface area contributed by atoms with Crippen molar-refractivity contribution in [3.8, 4) is 17.3 Å². The zero-order valence-corrected chi connectivity index (χ0v) is 14.2. The van der Waals surface area contributed by atoms with Crippen LogP contribution in [0.1, 0.15) is 0 Å². The molecule has 0 bridgehead atoms. The van der Waals surface area contributed by atoms with Crippen molar-refractivity contribution in [3.63, 3.8) is 0 Å². The number of nitrogens with one attached hydrogen (secondary N) is 3. The molecule has 0 aliphatic rings. The number of ether oxygens (including phenoxy) is 1. The third-order valence-electron chi connectivity index (χ3n) is 3.46. The standard InChI is InChI=1S/C16H17N7O3/c1-17-14(24)9-26-16-20-11(10-4-3-5-19-7-10)6-13-21-12(8-23(13)16)22-15(25)18-2/h3-8H,9H2,1-2H3,(H,17,24)(H2,18,22,25). The number of carbonyl (C=O) groups excluding carboxylic acids is 2. The van der Waals surface area contributed by atoms with E-state index in [1.807, 2.05) is 6.07 Å². The van der Waals surface area contributed by atoms with Gasteiger partial charge in [0.15, 0.2) is 12.4 Å². The number of fused-ring (bicyclic) bond motifs is 1. The first-order chi connectivity index (χ1) is 12.6. The molecule has 0 radical (unpaired) electrons. The Hall–Kier alpha value is -3.69. The second kappa shape index (κ2) is 7.47. The van der Waals surface area contributed by atoms with Crippen LogP contribution >= 0.6 is 0 Å². The molecule has 3 aromatic rings. The number of anilines is 1. The van der Waals surface area contributed by atoms with Gasteiger partial charge in [0.25, 0.3) is 5.91 Å². The van der Waals surface area contributed by atoms with E-state index in [1.165, 1.54) is 14.1 Å². The van der Waals surface area contributed by atoms with E-state index in [9.17, 15) is 9.59 Å². The molecular weight excluding hydrogens is 338 g/mol. The summed E-state index contributed by atoms with van der Waals surface area (Å²) in [6.45, 7) is -0.203. The highest BCUT2D eigenvalue weighted by Gasteiger charge is 2.14. The minimum atomic E-state index is -0.401. The third-order valence-corrected chi connectivity index (χ3v) is 3.46. The minimum absolute atomic E-state index is 0.169. The minimum Gasteiger partial charge on any atom is -0.454 e. The second-order valence-electron chi connectivity index (χ2n) is 5.19. The van der Waals surface area contributed by atoms with Crippen molar-refractivity contribution >= 4 is 23.4 Å². The van der Waals surface area contributed by atoms with Gasteiger partial charge in [0, 0.05) is 38.1 Å². The summed E-state index contributed by atoms with van der Waals surface area (Å²) >= 11 is 0. The maximum absolute atomic E-state index is 11.5. The highest BCUT2D eigenvalue weighted by atomic mass is 16.5. The van der Waals surface area contributed by atoms with Crippen molar-refractivity contribution in [3.05, 3.63) is 36.8 Å². The fraction of sp³-hybridized carbons (Fsp3) is 0.188. The Labute approximate surface area is 148 Å². The molecule has 0 saturated heterocycles. The lowest BCUT2D eigenvalue weighted by molar-refractivity contribution is -0.122. The van der Waals surface area contributed by atoms with Crippen LogP contribution < -0.4 is 20.7 Å². The molecule has 0 unspecified atom stereocenters. The first-order valence-corrected chi connectivity index (χ1v) is 7.73. The number of rotatable bonds is 5.